The van der Waals surface area contributed by atoms with Crippen molar-refractivity contribution in [3.05, 3.63) is 72.3 Å². The van der Waals surface area contributed by atoms with Gasteiger partial charge in [-0.05, 0) is 46.0 Å². The van der Waals surface area contributed by atoms with Gasteiger partial charge < -0.3 is 5.11 Å². The lowest BCUT2D eigenvalue weighted by molar-refractivity contribution is -0.113. The molecule has 110 valence electrons. The molecule has 0 saturated carbocycles. The summed E-state index contributed by atoms with van der Waals surface area (Å²) in [5, 5.41) is 13.7. The minimum Gasteiger partial charge on any atom is -0.507 e. The smallest absolute Gasteiger partial charge is 0.186 e. The number of carbonyl (C=O) groups is 2. The number of fused-ring (bicyclic) bond motifs is 3. The zero-order valence-corrected chi connectivity index (χ0v) is 12.1. The zero-order valence-electron chi connectivity index (χ0n) is 12.1. The van der Waals surface area contributed by atoms with Crippen LogP contribution in [0.4, 0.5) is 0 Å². The Kier molecular flexibility index (Phi) is 2.88. The van der Waals surface area contributed by atoms with Crippen LogP contribution in [-0.2, 0) is 9.59 Å². The summed E-state index contributed by atoms with van der Waals surface area (Å²) < 4.78 is 0. The van der Waals surface area contributed by atoms with Gasteiger partial charge in [-0.15, -0.1) is 0 Å². The highest BCUT2D eigenvalue weighted by Crippen LogP contribution is 2.36. The lowest BCUT2D eigenvalue weighted by Gasteiger charge is -2.13. The van der Waals surface area contributed by atoms with Gasteiger partial charge in [0.25, 0.3) is 0 Å². The van der Waals surface area contributed by atoms with Crippen LogP contribution in [0.1, 0.15) is 5.56 Å². The molecule has 0 radical (unpaired) electrons. The Bertz CT molecular complexity index is 1060. The molecule has 4 rings (SSSR count). The molecule has 23 heavy (non-hydrogen) atoms. The van der Waals surface area contributed by atoms with Gasteiger partial charge in [0, 0.05) is 11.0 Å². The van der Waals surface area contributed by atoms with Gasteiger partial charge in [-0.2, -0.15) is 0 Å². The van der Waals surface area contributed by atoms with Gasteiger partial charge in [0.2, 0.25) is 0 Å². The van der Waals surface area contributed by atoms with Crippen molar-refractivity contribution in [2.24, 2.45) is 0 Å². The Morgan fingerprint density at radius 3 is 2.26 bits per heavy atom. The number of rotatable bonds is 1. The van der Waals surface area contributed by atoms with Gasteiger partial charge in [-0.25, -0.2) is 0 Å². The summed E-state index contributed by atoms with van der Waals surface area (Å²) in [6.45, 7) is 0. The van der Waals surface area contributed by atoms with Gasteiger partial charge in [-0.3, -0.25) is 9.59 Å². The van der Waals surface area contributed by atoms with Crippen LogP contribution in [0.3, 0.4) is 0 Å². The summed E-state index contributed by atoms with van der Waals surface area (Å²) in [6, 6.07) is 14.8. The number of ketones is 2. The summed E-state index contributed by atoms with van der Waals surface area (Å²) in [7, 11) is 0. The molecule has 0 heterocycles. The maximum absolute atomic E-state index is 12.2. The highest BCUT2D eigenvalue weighted by molar-refractivity contribution is 6.36. The van der Waals surface area contributed by atoms with E-state index in [0.29, 0.717) is 11.1 Å². The Morgan fingerprint density at radius 1 is 0.739 bits per heavy atom. The average molecular weight is 300 g/mol. The third-order valence-electron chi connectivity index (χ3n) is 4.12. The van der Waals surface area contributed by atoms with Gasteiger partial charge >= 0.3 is 0 Å². The Hall–Kier alpha value is -3.20. The summed E-state index contributed by atoms with van der Waals surface area (Å²) in [5.74, 6) is -0.252. The number of hydrogen-bond acceptors (Lipinski definition) is 3. The van der Waals surface area contributed by atoms with Crippen LogP contribution in [-0.4, -0.2) is 16.7 Å². The molecule has 0 bridgehead atoms. The van der Waals surface area contributed by atoms with Gasteiger partial charge in [0.1, 0.15) is 5.75 Å². The highest BCUT2D eigenvalue weighted by Gasteiger charge is 2.18. The molecule has 0 spiro atoms. The SMILES string of the molecule is O=C1C=CC(=O)C(c2cccc3c2cc(O)c2ccccc23)=C1. The van der Waals surface area contributed by atoms with E-state index in [-0.39, 0.29) is 17.3 Å². The maximum Gasteiger partial charge on any atom is 0.186 e. The van der Waals surface area contributed by atoms with Crippen LogP contribution in [0.2, 0.25) is 0 Å². The summed E-state index contributed by atoms with van der Waals surface area (Å²) in [6.07, 6.45) is 3.91. The Balaban J connectivity index is 2.10. The lowest BCUT2D eigenvalue weighted by Crippen LogP contribution is -2.07. The van der Waals surface area contributed by atoms with Crippen molar-refractivity contribution in [3.63, 3.8) is 0 Å². The van der Waals surface area contributed by atoms with Crippen molar-refractivity contribution in [1.82, 2.24) is 0 Å². The molecule has 0 aliphatic heterocycles. The molecule has 0 saturated heterocycles. The van der Waals surface area contributed by atoms with E-state index in [4.69, 9.17) is 0 Å². The largest absolute Gasteiger partial charge is 0.507 e. The molecule has 1 aliphatic carbocycles. The van der Waals surface area contributed by atoms with E-state index in [0.717, 1.165) is 21.5 Å². The van der Waals surface area contributed by atoms with Crippen molar-refractivity contribution in [2.45, 2.75) is 0 Å². The van der Waals surface area contributed by atoms with E-state index in [2.05, 4.69) is 0 Å². The van der Waals surface area contributed by atoms with Crippen molar-refractivity contribution < 1.29 is 14.7 Å². The monoisotopic (exact) mass is 300 g/mol. The molecule has 0 atom stereocenters. The van der Waals surface area contributed by atoms with Crippen LogP contribution < -0.4 is 0 Å². The number of benzene rings is 3. The third-order valence-corrected chi connectivity index (χ3v) is 4.12. The Labute approximate surface area is 132 Å². The fraction of sp³-hybridized carbons (Fsp3) is 0. The second-order valence-electron chi connectivity index (χ2n) is 5.50. The van der Waals surface area contributed by atoms with E-state index in [1.54, 1.807) is 12.1 Å². The molecule has 3 aromatic rings. The first-order valence-corrected chi connectivity index (χ1v) is 7.27. The van der Waals surface area contributed by atoms with E-state index in [1.165, 1.54) is 18.2 Å². The highest BCUT2D eigenvalue weighted by atomic mass is 16.3. The maximum atomic E-state index is 12.2. The molecule has 0 fully saturated rings. The molecule has 1 aliphatic rings. The van der Waals surface area contributed by atoms with Crippen molar-refractivity contribution >= 4 is 38.7 Å². The molecule has 3 aromatic carbocycles. The number of phenolic OH excluding ortho intramolecular Hbond substituents is 1. The van der Waals surface area contributed by atoms with Gasteiger partial charge in [0.15, 0.2) is 11.6 Å². The fourth-order valence-corrected chi connectivity index (χ4v) is 3.07. The van der Waals surface area contributed by atoms with Crippen molar-refractivity contribution in [3.8, 4) is 5.75 Å². The predicted molar refractivity (Wildman–Crippen MR) is 90.2 cm³/mol. The molecule has 3 nitrogen and oxygen atoms in total. The molecule has 0 amide bonds. The van der Waals surface area contributed by atoms with Crippen LogP contribution in [0.25, 0.3) is 27.1 Å². The number of carbonyl (C=O) groups excluding carboxylic acids is 2. The number of hydrogen-bond donors (Lipinski definition) is 1. The van der Waals surface area contributed by atoms with E-state index < -0.39 is 0 Å². The van der Waals surface area contributed by atoms with E-state index >= 15 is 0 Å². The average Bonchev–Trinajstić information content (AvgIpc) is 2.57. The minimum absolute atomic E-state index is 0.159. The third kappa shape index (κ3) is 2.06. The second kappa shape index (κ2) is 4.92. The summed E-state index contributed by atoms with van der Waals surface area (Å²) >= 11 is 0. The molecule has 0 aromatic heterocycles. The molecule has 0 unspecified atom stereocenters. The zero-order chi connectivity index (χ0) is 16.0. The normalized spacial score (nSPS) is 14.5. The van der Waals surface area contributed by atoms with Gasteiger partial charge in [-0.1, -0.05) is 42.5 Å². The van der Waals surface area contributed by atoms with Crippen LogP contribution in [0.15, 0.2) is 66.8 Å². The molecular formula is C20H12O3. The number of phenols is 1. The van der Waals surface area contributed by atoms with E-state index in [1.807, 2.05) is 36.4 Å². The predicted octanol–water partition coefficient (Wildman–Crippen LogP) is 3.79. The fourth-order valence-electron chi connectivity index (χ4n) is 3.07. The summed E-state index contributed by atoms with van der Waals surface area (Å²) in [5.41, 5.74) is 1.02. The first-order chi connectivity index (χ1) is 11.1. The summed E-state index contributed by atoms with van der Waals surface area (Å²) in [4.78, 5) is 23.8. The Morgan fingerprint density at radius 2 is 1.43 bits per heavy atom. The minimum atomic E-state index is -0.207. The van der Waals surface area contributed by atoms with Crippen molar-refractivity contribution in [2.75, 3.05) is 0 Å². The number of aromatic hydroxyl groups is 1. The standard InChI is InChI=1S/C20H12O3/c21-12-8-9-19(22)18(10-12)15-7-3-6-14-13-4-1-2-5-16(13)20(23)11-17(14)15/h1-11,23H. The lowest BCUT2D eigenvalue weighted by atomic mass is 9.90. The molecule has 1 N–H and O–H groups in total. The molecular weight excluding hydrogens is 288 g/mol. The first kappa shape index (κ1) is 13.5. The topological polar surface area (TPSA) is 54.4 Å². The van der Waals surface area contributed by atoms with Gasteiger partial charge in [0.05, 0.1) is 0 Å². The van der Waals surface area contributed by atoms with E-state index in [9.17, 15) is 14.7 Å². The van der Waals surface area contributed by atoms with Crippen LogP contribution >= 0.6 is 0 Å². The molecule has 3 heteroatoms. The van der Waals surface area contributed by atoms with Crippen LogP contribution in [0.5, 0.6) is 5.75 Å². The van der Waals surface area contributed by atoms with Crippen molar-refractivity contribution in [1.29, 1.82) is 0 Å². The second-order valence-corrected chi connectivity index (χ2v) is 5.50. The quantitative estimate of drug-likeness (QED) is 0.549. The first-order valence-electron chi connectivity index (χ1n) is 7.27. The number of allylic oxidation sites excluding steroid dienone is 4. The van der Waals surface area contributed by atoms with Crippen LogP contribution in [0, 0.1) is 0 Å².